The largest absolute Gasteiger partial charge is 0.455 e. The first-order valence-electron chi connectivity index (χ1n) is 22.6. The molecular weight excluding hydrogens is 544 g/mol. The van der Waals surface area contributed by atoms with E-state index in [2.05, 4.69) is 0 Å². The van der Waals surface area contributed by atoms with Gasteiger partial charge in [-0.15, -0.1) is 0 Å². The molecule has 0 bridgehead atoms. The summed E-state index contributed by atoms with van der Waals surface area (Å²) in [6, 6.07) is 6.81. The maximum atomic E-state index is 9.62. The average Bonchev–Trinajstić information content (AvgIpc) is 3.65. The fraction of sp³-hybridized carbons (Fsp3) is 0. The highest BCUT2D eigenvalue weighted by Crippen LogP contribution is 2.47. The molecule has 0 aliphatic heterocycles. The molecule has 0 fully saturated rings. The van der Waals surface area contributed by atoms with Crippen LogP contribution in [0.3, 0.4) is 0 Å². The zero-order valence-corrected chi connectivity index (χ0v) is 23.3. The molecule has 210 valence electrons. The van der Waals surface area contributed by atoms with E-state index in [1.54, 1.807) is 24.3 Å². The predicted molar refractivity (Wildman–Crippen MR) is 190 cm³/mol. The van der Waals surface area contributed by atoms with Crippen molar-refractivity contribution in [1.82, 2.24) is 0 Å². The average molecular weight is 590 g/mol. The van der Waals surface area contributed by atoms with Gasteiger partial charge in [0.15, 0.2) is 0 Å². The topological polar surface area (TPSA) is 13.1 Å². The third-order valence-corrected chi connectivity index (χ3v) is 7.85. The fourth-order valence-electron chi connectivity index (χ4n) is 5.94. The number of rotatable bonds is 4. The van der Waals surface area contributed by atoms with Gasteiger partial charge in [0, 0.05) is 16.3 Å². The molecule has 0 spiro atoms. The minimum Gasteiger partial charge on any atom is -0.455 e. The summed E-state index contributed by atoms with van der Waals surface area (Å²) in [5, 5.41) is 0.00534. The van der Waals surface area contributed by atoms with Gasteiger partial charge in [-0.25, -0.2) is 0 Å². The Labute approximate surface area is 285 Å². The van der Waals surface area contributed by atoms with Gasteiger partial charge in [-0.05, 0) is 84.7 Å². The molecule has 0 aliphatic carbocycles. The second-order valence-electron chi connectivity index (χ2n) is 10.4. The lowest BCUT2D eigenvalue weighted by molar-refractivity contribution is 0.670. The summed E-state index contributed by atoms with van der Waals surface area (Å²) in [4.78, 5) is 0. The Morgan fingerprint density at radius 2 is 0.978 bits per heavy atom. The maximum Gasteiger partial charge on any atom is 0.143 e. The molecule has 1 aromatic heterocycles. The maximum absolute atomic E-state index is 9.62. The van der Waals surface area contributed by atoms with Gasteiger partial charge < -0.3 is 4.42 Å². The van der Waals surface area contributed by atoms with Crippen molar-refractivity contribution in [2.75, 3.05) is 0 Å². The van der Waals surface area contributed by atoms with Crippen molar-refractivity contribution in [2.24, 2.45) is 0 Å². The monoisotopic (exact) mass is 589 g/mol. The number of hydrogen-bond donors (Lipinski definition) is 0. The van der Waals surface area contributed by atoms with Crippen LogP contribution in [0.1, 0.15) is 23.3 Å². The van der Waals surface area contributed by atoms with Crippen LogP contribution in [0.4, 0.5) is 0 Å². The molecule has 9 rings (SSSR count). The third kappa shape index (κ3) is 4.17. The fourth-order valence-corrected chi connectivity index (χ4v) is 5.94. The lowest BCUT2D eigenvalue weighted by Gasteiger charge is -2.19. The second kappa shape index (κ2) is 10.4. The Kier molecular flexibility index (Phi) is 3.18. The van der Waals surface area contributed by atoms with Crippen LogP contribution in [0.25, 0.3) is 88.0 Å². The SMILES string of the molecule is [2H]c1c([2H])c([2H])c(-c2c([2H])c([2H])c([2H])c(-c3c4c([2H])c([2H])c([2H])c([2H])c4c(-c4cc(-c5ccccc5)c5oc6ccccc6c5c4)c4c([2H])c([2H])c([2H])c([2H])c34)c2[2H])c([2H])c1[2H]. The Bertz CT molecular complexity index is 3380. The van der Waals surface area contributed by atoms with Gasteiger partial charge in [-0.2, -0.15) is 0 Å². The van der Waals surface area contributed by atoms with Gasteiger partial charge in [0.05, 0.1) is 23.3 Å². The van der Waals surface area contributed by atoms with E-state index < -0.39 is 125 Å². The molecule has 45 heavy (non-hydrogen) atoms. The summed E-state index contributed by atoms with van der Waals surface area (Å²) in [5.41, 5.74) is 0.119. The summed E-state index contributed by atoms with van der Waals surface area (Å²) in [6.07, 6.45) is 0. The van der Waals surface area contributed by atoms with Gasteiger partial charge in [-0.1, -0.05) is 145 Å². The Balaban J connectivity index is 1.58. The zero-order valence-electron chi connectivity index (χ0n) is 40.3. The van der Waals surface area contributed by atoms with Crippen molar-refractivity contribution >= 4 is 43.5 Å². The molecule has 9 aromatic rings. The minimum absolute atomic E-state index is 0.0331. The first-order chi connectivity index (χ1) is 29.4. The zero-order chi connectivity index (χ0) is 44.5. The lowest BCUT2D eigenvalue weighted by Crippen LogP contribution is -1.92. The van der Waals surface area contributed by atoms with E-state index >= 15 is 0 Å². The van der Waals surface area contributed by atoms with Gasteiger partial charge in [0.2, 0.25) is 0 Å². The van der Waals surface area contributed by atoms with E-state index in [-0.39, 0.29) is 32.7 Å². The molecule has 0 saturated carbocycles. The van der Waals surface area contributed by atoms with Crippen LogP contribution < -0.4 is 0 Å². The van der Waals surface area contributed by atoms with Crippen molar-refractivity contribution in [3.05, 3.63) is 169 Å². The van der Waals surface area contributed by atoms with Gasteiger partial charge in [-0.3, -0.25) is 0 Å². The van der Waals surface area contributed by atoms with Crippen LogP contribution in [-0.4, -0.2) is 0 Å². The minimum atomic E-state index is -0.880. The number of para-hydroxylation sites is 1. The Morgan fingerprint density at radius 1 is 0.400 bits per heavy atom. The molecule has 0 saturated heterocycles. The molecule has 0 atom stereocenters. The van der Waals surface area contributed by atoms with E-state index in [1.165, 1.54) is 0 Å². The van der Waals surface area contributed by atoms with Crippen LogP contribution in [0.2, 0.25) is 0 Å². The summed E-state index contributed by atoms with van der Waals surface area (Å²) in [6.45, 7) is 0. The van der Waals surface area contributed by atoms with Gasteiger partial charge in [0.1, 0.15) is 11.2 Å². The van der Waals surface area contributed by atoms with Crippen molar-refractivity contribution < 1.29 is 27.7 Å². The molecular formula is C44H28O. The van der Waals surface area contributed by atoms with E-state index in [1.807, 2.05) is 42.5 Å². The highest BCUT2D eigenvalue weighted by atomic mass is 16.3. The summed E-state index contributed by atoms with van der Waals surface area (Å²) in [5.74, 6) is 0. The van der Waals surface area contributed by atoms with Crippen LogP contribution in [0, 0.1) is 0 Å². The van der Waals surface area contributed by atoms with Crippen LogP contribution in [-0.2, 0) is 0 Å². The van der Waals surface area contributed by atoms with Crippen molar-refractivity contribution in [3.8, 4) is 44.5 Å². The number of furan rings is 1. The molecule has 1 heterocycles. The highest BCUT2D eigenvalue weighted by molar-refractivity contribution is 6.23. The molecule has 0 amide bonds. The first-order valence-corrected chi connectivity index (χ1v) is 14.1. The summed E-state index contributed by atoms with van der Waals surface area (Å²) in [7, 11) is 0. The number of hydrogen-bond acceptors (Lipinski definition) is 1. The second-order valence-corrected chi connectivity index (χ2v) is 10.4. The highest BCUT2D eigenvalue weighted by Gasteiger charge is 2.20. The predicted octanol–water partition coefficient (Wildman–Crippen LogP) is 12.6. The first kappa shape index (κ1) is 13.8. The number of benzene rings is 8. The molecule has 0 aliphatic rings. The van der Waals surface area contributed by atoms with E-state index in [0.29, 0.717) is 33.1 Å². The molecule has 8 aromatic carbocycles. The number of fused-ring (bicyclic) bond motifs is 5. The van der Waals surface area contributed by atoms with Crippen molar-refractivity contribution in [2.45, 2.75) is 0 Å². The van der Waals surface area contributed by atoms with E-state index in [0.717, 1.165) is 0 Å². The quantitative estimate of drug-likeness (QED) is 0.186. The van der Waals surface area contributed by atoms with Gasteiger partial charge >= 0.3 is 0 Å². The van der Waals surface area contributed by atoms with Crippen LogP contribution in [0.15, 0.2) is 174 Å². The standard InChI is InChI=1S/C44H28O/c1-3-14-29(15-4-1)31-18-13-19-32(26-31)42-35-21-7-9-23-37(35)43(38-24-10-8-22-36(38)42)33-27-39(30-16-5-2-6-17-30)44-40(28-33)34-20-11-12-25-41(34)45-44/h1-28H/i1D,3D,4D,7D,8D,9D,10D,13D,14D,15D,18D,19D,21D,22D,23D,24D,26D. The van der Waals surface area contributed by atoms with E-state index in [9.17, 15) is 8.22 Å². The molecule has 0 N–H and O–H groups in total. The molecule has 1 nitrogen and oxygen atoms in total. The Morgan fingerprint density at radius 3 is 1.69 bits per heavy atom. The molecule has 0 unspecified atom stereocenters. The Hall–Kier alpha value is -5.92. The summed E-state index contributed by atoms with van der Waals surface area (Å²) < 4.78 is 159. The van der Waals surface area contributed by atoms with Crippen molar-refractivity contribution in [3.63, 3.8) is 0 Å². The molecule has 0 radical (unpaired) electrons. The van der Waals surface area contributed by atoms with Gasteiger partial charge in [0.25, 0.3) is 0 Å². The van der Waals surface area contributed by atoms with E-state index in [4.69, 9.17) is 19.5 Å². The normalized spacial score (nSPS) is 16.8. The lowest BCUT2D eigenvalue weighted by atomic mass is 9.84. The summed E-state index contributed by atoms with van der Waals surface area (Å²) >= 11 is 0. The molecule has 1 heteroatoms. The van der Waals surface area contributed by atoms with Crippen molar-refractivity contribution in [1.29, 1.82) is 0 Å². The third-order valence-electron chi connectivity index (χ3n) is 7.85. The smallest absolute Gasteiger partial charge is 0.143 e. The van der Waals surface area contributed by atoms with Crippen LogP contribution >= 0.6 is 0 Å². The van der Waals surface area contributed by atoms with Crippen LogP contribution in [0.5, 0.6) is 0 Å².